The Balaban J connectivity index is 1.61. The Labute approximate surface area is 157 Å². The van der Waals surface area contributed by atoms with Gasteiger partial charge in [0.2, 0.25) is 5.91 Å². The highest BCUT2D eigenvalue weighted by molar-refractivity contribution is 5.80. The van der Waals surface area contributed by atoms with Crippen molar-refractivity contribution in [2.75, 3.05) is 46.4 Å². The van der Waals surface area contributed by atoms with E-state index in [0.29, 0.717) is 19.2 Å². The van der Waals surface area contributed by atoms with Crippen molar-refractivity contribution in [3.05, 3.63) is 0 Å². The minimum Gasteiger partial charge on any atom is -0.376 e. The number of nitrogens with one attached hydrogen (secondary N) is 2. The third kappa shape index (κ3) is 7.11. The van der Waals surface area contributed by atoms with Gasteiger partial charge >= 0.3 is 0 Å². The first-order chi connectivity index (χ1) is 12.6. The Morgan fingerprint density at radius 3 is 2.54 bits per heavy atom. The third-order valence-electron chi connectivity index (χ3n) is 4.98. The molecule has 26 heavy (non-hydrogen) atoms. The number of piperidine rings is 1. The zero-order chi connectivity index (χ0) is 18.8. The molecule has 1 unspecified atom stereocenters. The standard InChI is InChI=1S/C19H36N4O3/c1-15(2)18(24)21-9-10-22-19(20-3)23-11-7-16(8-12-23)26-14-17-6-4-5-13-25-17/h15-17H,4-14H2,1-3H3,(H,20,22)(H,21,24). The molecular weight excluding hydrogens is 332 g/mol. The van der Waals surface area contributed by atoms with Gasteiger partial charge in [0.05, 0.1) is 18.8 Å². The second kappa shape index (κ2) is 11.4. The molecule has 2 rings (SSSR count). The molecule has 0 radical (unpaired) electrons. The maximum Gasteiger partial charge on any atom is 0.222 e. The van der Waals surface area contributed by atoms with E-state index in [-0.39, 0.29) is 17.9 Å². The van der Waals surface area contributed by atoms with Crippen LogP contribution in [0, 0.1) is 5.92 Å². The Bertz CT molecular complexity index is 442. The average Bonchev–Trinajstić information content (AvgIpc) is 2.67. The van der Waals surface area contributed by atoms with Crippen LogP contribution < -0.4 is 10.6 Å². The van der Waals surface area contributed by atoms with Gasteiger partial charge in [-0.05, 0) is 32.1 Å². The highest BCUT2D eigenvalue weighted by atomic mass is 16.5. The molecule has 7 heteroatoms. The van der Waals surface area contributed by atoms with Gasteiger partial charge in [0.1, 0.15) is 0 Å². The fourth-order valence-corrected chi connectivity index (χ4v) is 3.31. The minimum atomic E-state index is 0.0207. The maximum absolute atomic E-state index is 11.6. The molecule has 0 aliphatic carbocycles. The molecule has 2 N–H and O–H groups in total. The highest BCUT2D eigenvalue weighted by Crippen LogP contribution is 2.17. The summed E-state index contributed by atoms with van der Waals surface area (Å²) in [7, 11) is 1.80. The van der Waals surface area contributed by atoms with Crippen molar-refractivity contribution in [3.63, 3.8) is 0 Å². The number of nitrogens with zero attached hydrogens (tertiary/aromatic N) is 2. The quantitative estimate of drug-likeness (QED) is 0.403. The summed E-state index contributed by atoms with van der Waals surface area (Å²) in [5.74, 6) is 1.01. The number of rotatable bonds is 7. The monoisotopic (exact) mass is 368 g/mol. The predicted octanol–water partition coefficient (Wildman–Crippen LogP) is 1.38. The first-order valence-electron chi connectivity index (χ1n) is 10.1. The molecular formula is C19H36N4O3. The van der Waals surface area contributed by atoms with E-state index in [9.17, 15) is 4.79 Å². The summed E-state index contributed by atoms with van der Waals surface area (Å²) < 4.78 is 11.8. The number of ether oxygens (including phenoxy) is 2. The van der Waals surface area contributed by atoms with E-state index in [1.165, 1.54) is 12.8 Å². The Kier molecular flexibility index (Phi) is 9.18. The molecule has 0 aromatic rings. The fourth-order valence-electron chi connectivity index (χ4n) is 3.31. The number of carbonyl (C=O) groups is 1. The van der Waals surface area contributed by atoms with Crippen molar-refractivity contribution in [1.29, 1.82) is 0 Å². The van der Waals surface area contributed by atoms with Gasteiger partial charge in [-0.1, -0.05) is 13.8 Å². The van der Waals surface area contributed by atoms with Gasteiger partial charge in [-0.2, -0.15) is 0 Å². The number of guanidine groups is 1. The molecule has 0 aromatic heterocycles. The maximum atomic E-state index is 11.6. The van der Waals surface area contributed by atoms with Gasteiger partial charge in [-0.15, -0.1) is 0 Å². The number of carbonyl (C=O) groups excluding carboxylic acids is 1. The predicted molar refractivity (Wildman–Crippen MR) is 103 cm³/mol. The summed E-state index contributed by atoms with van der Waals surface area (Å²) in [5.41, 5.74) is 0. The summed E-state index contributed by atoms with van der Waals surface area (Å²) in [6.45, 7) is 8.57. The van der Waals surface area contributed by atoms with E-state index in [0.717, 1.165) is 51.5 Å². The zero-order valence-electron chi connectivity index (χ0n) is 16.6. The molecule has 150 valence electrons. The number of hydrogen-bond donors (Lipinski definition) is 2. The van der Waals surface area contributed by atoms with Crippen molar-refractivity contribution in [2.45, 2.75) is 58.2 Å². The average molecular weight is 369 g/mol. The number of amides is 1. The van der Waals surface area contributed by atoms with Crippen LogP contribution in [0.1, 0.15) is 46.0 Å². The van der Waals surface area contributed by atoms with Crippen LogP contribution in [0.5, 0.6) is 0 Å². The smallest absolute Gasteiger partial charge is 0.222 e. The molecule has 2 aliphatic rings. The molecule has 1 amide bonds. The van der Waals surface area contributed by atoms with Crippen LogP contribution in [0.4, 0.5) is 0 Å². The van der Waals surface area contributed by atoms with Crippen LogP contribution in [0.3, 0.4) is 0 Å². The molecule has 2 saturated heterocycles. The fraction of sp³-hybridized carbons (Fsp3) is 0.895. The van der Waals surface area contributed by atoms with Crippen LogP contribution in [-0.4, -0.2) is 75.4 Å². The number of aliphatic imine (C=N–C) groups is 1. The van der Waals surface area contributed by atoms with Gasteiger partial charge in [0.25, 0.3) is 0 Å². The van der Waals surface area contributed by atoms with Gasteiger partial charge in [-0.25, -0.2) is 0 Å². The Hall–Kier alpha value is -1.34. The summed E-state index contributed by atoms with van der Waals surface area (Å²) in [5, 5.41) is 6.24. The molecule has 1 atom stereocenters. The normalized spacial score (nSPS) is 22.5. The van der Waals surface area contributed by atoms with Crippen LogP contribution in [0.15, 0.2) is 4.99 Å². The highest BCUT2D eigenvalue weighted by Gasteiger charge is 2.23. The lowest BCUT2D eigenvalue weighted by atomic mass is 10.1. The first-order valence-corrected chi connectivity index (χ1v) is 10.1. The van der Waals surface area contributed by atoms with Crippen molar-refractivity contribution in [1.82, 2.24) is 15.5 Å². The summed E-state index contributed by atoms with van der Waals surface area (Å²) in [6, 6.07) is 0. The second-order valence-electron chi connectivity index (χ2n) is 7.43. The third-order valence-corrected chi connectivity index (χ3v) is 4.98. The molecule has 2 heterocycles. The van der Waals surface area contributed by atoms with Crippen LogP contribution in [0.25, 0.3) is 0 Å². The van der Waals surface area contributed by atoms with Crippen molar-refractivity contribution < 1.29 is 14.3 Å². The van der Waals surface area contributed by atoms with E-state index < -0.39 is 0 Å². The molecule has 0 spiro atoms. The lowest BCUT2D eigenvalue weighted by molar-refractivity contribution is -0.123. The van der Waals surface area contributed by atoms with Gasteiger partial charge < -0.3 is 25.0 Å². The molecule has 2 aliphatic heterocycles. The van der Waals surface area contributed by atoms with E-state index in [4.69, 9.17) is 9.47 Å². The van der Waals surface area contributed by atoms with E-state index in [2.05, 4.69) is 20.5 Å². The van der Waals surface area contributed by atoms with Gasteiger partial charge in [-0.3, -0.25) is 9.79 Å². The minimum absolute atomic E-state index is 0.0207. The molecule has 0 bridgehead atoms. The molecule has 0 saturated carbocycles. The number of hydrogen-bond acceptors (Lipinski definition) is 4. The van der Waals surface area contributed by atoms with Crippen LogP contribution in [-0.2, 0) is 14.3 Å². The van der Waals surface area contributed by atoms with Gasteiger partial charge in [0.15, 0.2) is 5.96 Å². The van der Waals surface area contributed by atoms with E-state index in [1.54, 1.807) is 7.05 Å². The van der Waals surface area contributed by atoms with Crippen LogP contribution >= 0.6 is 0 Å². The topological polar surface area (TPSA) is 75.2 Å². The van der Waals surface area contributed by atoms with Crippen LogP contribution in [0.2, 0.25) is 0 Å². The molecule has 2 fully saturated rings. The van der Waals surface area contributed by atoms with E-state index >= 15 is 0 Å². The zero-order valence-corrected chi connectivity index (χ0v) is 16.6. The molecule has 0 aromatic carbocycles. The Morgan fingerprint density at radius 2 is 1.92 bits per heavy atom. The van der Waals surface area contributed by atoms with E-state index in [1.807, 2.05) is 13.8 Å². The van der Waals surface area contributed by atoms with Gasteiger partial charge in [0, 0.05) is 45.8 Å². The van der Waals surface area contributed by atoms with Crippen molar-refractivity contribution >= 4 is 11.9 Å². The SMILES string of the molecule is CN=C(NCCNC(=O)C(C)C)N1CCC(OCC2CCCCO2)CC1. The first kappa shape index (κ1) is 21.0. The lowest BCUT2D eigenvalue weighted by Gasteiger charge is -2.35. The molecule has 7 nitrogen and oxygen atoms in total. The largest absolute Gasteiger partial charge is 0.376 e. The number of likely N-dealkylation sites (tertiary alicyclic amines) is 1. The lowest BCUT2D eigenvalue weighted by Crippen LogP contribution is -2.48. The Morgan fingerprint density at radius 1 is 1.19 bits per heavy atom. The second-order valence-corrected chi connectivity index (χ2v) is 7.43. The van der Waals surface area contributed by atoms with Crippen molar-refractivity contribution in [2.24, 2.45) is 10.9 Å². The summed E-state index contributed by atoms with van der Waals surface area (Å²) in [4.78, 5) is 18.2. The van der Waals surface area contributed by atoms with Crippen molar-refractivity contribution in [3.8, 4) is 0 Å². The summed E-state index contributed by atoms with van der Waals surface area (Å²) >= 11 is 0. The summed E-state index contributed by atoms with van der Waals surface area (Å²) in [6.07, 6.45) is 6.20.